The van der Waals surface area contributed by atoms with Gasteiger partial charge in [-0.3, -0.25) is 0 Å². The summed E-state index contributed by atoms with van der Waals surface area (Å²) < 4.78 is 11.5. The average molecular weight is 300 g/mol. The summed E-state index contributed by atoms with van der Waals surface area (Å²) in [6.07, 6.45) is 6.10. The molecular weight excluding hydrogens is 280 g/mol. The predicted octanol–water partition coefficient (Wildman–Crippen LogP) is 2.49. The number of thiazole rings is 1. The van der Waals surface area contributed by atoms with Crippen LogP contribution in [0.25, 0.3) is 0 Å². The van der Waals surface area contributed by atoms with E-state index in [9.17, 15) is 0 Å². The molecule has 2 aliphatic rings. The van der Waals surface area contributed by atoms with E-state index in [0.29, 0.717) is 12.6 Å². The number of anilines is 1. The molecule has 1 spiro atoms. The Hall–Kier alpha value is -0.730. The van der Waals surface area contributed by atoms with Gasteiger partial charge in [0.1, 0.15) is 0 Å². The lowest BCUT2D eigenvalue weighted by atomic mass is 9.84. The molecule has 1 aromatic rings. The van der Waals surface area contributed by atoms with E-state index in [1.165, 1.54) is 12.0 Å². The molecule has 1 saturated carbocycles. The third-order valence-corrected chi connectivity index (χ3v) is 5.00. The van der Waals surface area contributed by atoms with Gasteiger partial charge in [0.25, 0.3) is 0 Å². The van der Waals surface area contributed by atoms with E-state index in [1.807, 2.05) is 6.20 Å². The van der Waals surface area contributed by atoms with E-state index in [-0.39, 0.29) is 5.79 Å². The van der Waals surface area contributed by atoms with Gasteiger partial charge in [0.15, 0.2) is 17.6 Å². The van der Waals surface area contributed by atoms with E-state index in [2.05, 4.69) is 15.2 Å². The summed E-state index contributed by atoms with van der Waals surface area (Å²) in [6, 6.07) is 0. The van der Waals surface area contributed by atoms with Crippen LogP contribution in [0.15, 0.2) is 6.20 Å². The summed E-state index contributed by atoms with van der Waals surface area (Å²) in [7, 11) is 1.49. The Labute approximate surface area is 122 Å². The molecule has 0 unspecified atom stereocenters. The molecule has 112 valence electrons. The quantitative estimate of drug-likeness (QED) is 0.390. The maximum atomic E-state index is 5.76. The van der Waals surface area contributed by atoms with Crippen molar-refractivity contribution >= 4 is 16.5 Å². The van der Waals surface area contributed by atoms with Gasteiger partial charge in [0.05, 0.1) is 20.3 Å². The molecule has 1 aliphatic heterocycles. The summed E-state index contributed by atoms with van der Waals surface area (Å²) in [6.45, 7) is 1.77. The molecule has 20 heavy (non-hydrogen) atoms. The normalized spacial score (nSPS) is 22.4. The molecule has 7 heteroatoms. The lowest BCUT2D eigenvalue weighted by Gasteiger charge is -2.34. The third-order valence-electron chi connectivity index (χ3n) is 3.89. The van der Waals surface area contributed by atoms with Gasteiger partial charge in [0.2, 0.25) is 0 Å². The summed E-state index contributed by atoms with van der Waals surface area (Å²) in [5.74, 6) is 0.277. The van der Waals surface area contributed by atoms with Gasteiger partial charge in [-0.05, 0) is 18.8 Å². The van der Waals surface area contributed by atoms with Crippen molar-refractivity contribution in [1.29, 1.82) is 0 Å². The molecule has 0 radical (unpaired) electrons. The highest BCUT2D eigenvalue weighted by Gasteiger charge is 2.40. The second-order valence-corrected chi connectivity index (χ2v) is 6.12. The lowest BCUT2D eigenvalue weighted by molar-refractivity contribution is -0.266. The zero-order valence-electron chi connectivity index (χ0n) is 11.6. The van der Waals surface area contributed by atoms with Crippen LogP contribution >= 0.6 is 11.3 Å². The topological polar surface area (TPSA) is 61.8 Å². The maximum absolute atomic E-state index is 5.76. The monoisotopic (exact) mass is 300 g/mol. The highest BCUT2D eigenvalue weighted by atomic mass is 32.1. The van der Waals surface area contributed by atoms with E-state index in [4.69, 9.17) is 14.4 Å². The Morgan fingerprint density at radius 2 is 2.15 bits per heavy atom. The zero-order chi connectivity index (χ0) is 13.8. The van der Waals surface area contributed by atoms with Gasteiger partial charge in [-0.1, -0.05) is 0 Å². The van der Waals surface area contributed by atoms with Gasteiger partial charge >= 0.3 is 0 Å². The predicted molar refractivity (Wildman–Crippen MR) is 74.5 cm³/mol. The van der Waals surface area contributed by atoms with Crippen molar-refractivity contribution in [1.82, 2.24) is 4.98 Å². The number of hydrogen-bond acceptors (Lipinski definition) is 7. The minimum Gasteiger partial charge on any atom is -0.348 e. The number of aromatic nitrogens is 1. The van der Waals surface area contributed by atoms with Crippen molar-refractivity contribution < 1.29 is 19.2 Å². The smallest absolute Gasteiger partial charge is 0.184 e. The molecule has 1 aromatic heterocycles. The number of ether oxygens (including phenoxy) is 2. The number of hydrogen-bond donors (Lipinski definition) is 1. The fraction of sp³-hybridized carbons (Fsp3) is 0.769. The van der Waals surface area contributed by atoms with Crippen LogP contribution in [0.4, 0.5) is 5.13 Å². The van der Waals surface area contributed by atoms with Gasteiger partial charge < -0.3 is 14.8 Å². The van der Waals surface area contributed by atoms with Crippen LogP contribution in [-0.2, 0) is 19.2 Å². The molecule has 0 amide bonds. The van der Waals surface area contributed by atoms with Crippen LogP contribution < -0.4 is 5.32 Å². The van der Waals surface area contributed by atoms with Crippen molar-refractivity contribution in [3.05, 3.63) is 11.1 Å². The van der Waals surface area contributed by atoms with Crippen molar-refractivity contribution in [3.63, 3.8) is 0 Å². The minimum atomic E-state index is -0.283. The van der Waals surface area contributed by atoms with E-state index in [0.717, 1.165) is 44.0 Å². The van der Waals surface area contributed by atoms with E-state index >= 15 is 0 Å². The first-order chi connectivity index (χ1) is 9.81. The molecule has 2 heterocycles. The van der Waals surface area contributed by atoms with Gasteiger partial charge in [-0.15, -0.1) is 11.3 Å². The van der Waals surface area contributed by atoms with Gasteiger partial charge in [0, 0.05) is 23.9 Å². The van der Waals surface area contributed by atoms with Crippen LogP contribution in [0.3, 0.4) is 0 Å². The summed E-state index contributed by atoms with van der Waals surface area (Å²) in [5, 5.41) is 3.93. The van der Waals surface area contributed by atoms with Crippen molar-refractivity contribution in [3.8, 4) is 0 Å². The first-order valence-electron chi connectivity index (χ1n) is 6.94. The largest absolute Gasteiger partial charge is 0.348 e. The van der Waals surface area contributed by atoms with Crippen LogP contribution in [0, 0.1) is 0 Å². The standard InChI is InChI=1S/C13H20N2O4S/c1-16-19-9-15-12-14-8-11(20-12)10-2-4-13(5-3-10)17-6-7-18-13/h8,10H,2-7,9H2,1H3,(H,14,15). The Balaban J connectivity index is 1.52. The van der Waals surface area contributed by atoms with Gasteiger partial charge in [-0.25, -0.2) is 14.8 Å². The highest BCUT2D eigenvalue weighted by molar-refractivity contribution is 7.15. The lowest BCUT2D eigenvalue weighted by Crippen LogP contribution is -2.34. The van der Waals surface area contributed by atoms with E-state index < -0.39 is 0 Å². The Bertz CT molecular complexity index is 424. The van der Waals surface area contributed by atoms with Crippen molar-refractivity contribution in [2.24, 2.45) is 0 Å². The summed E-state index contributed by atoms with van der Waals surface area (Å²) in [5.41, 5.74) is 0. The average Bonchev–Trinajstić information content (AvgIpc) is 3.11. The Morgan fingerprint density at radius 1 is 1.40 bits per heavy atom. The molecule has 0 atom stereocenters. The van der Waals surface area contributed by atoms with Crippen LogP contribution in [0.1, 0.15) is 36.5 Å². The van der Waals surface area contributed by atoms with Crippen LogP contribution in [0.2, 0.25) is 0 Å². The molecule has 6 nitrogen and oxygen atoms in total. The fourth-order valence-electron chi connectivity index (χ4n) is 2.84. The molecule has 3 rings (SSSR count). The zero-order valence-corrected chi connectivity index (χ0v) is 12.4. The SMILES string of the molecule is COOCNc1ncc(C2CCC3(CC2)OCCO3)s1. The molecule has 1 saturated heterocycles. The minimum absolute atomic E-state index is 0.283. The summed E-state index contributed by atoms with van der Waals surface area (Å²) >= 11 is 1.68. The molecule has 0 bridgehead atoms. The fourth-order valence-corrected chi connectivity index (χ4v) is 3.80. The second-order valence-electron chi connectivity index (χ2n) is 5.06. The summed E-state index contributed by atoms with van der Waals surface area (Å²) in [4.78, 5) is 15.0. The van der Waals surface area contributed by atoms with Crippen molar-refractivity contribution in [2.75, 3.05) is 32.4 Å². The second kappa shape index (κ2) is 6.36. The van der Waals surface area contributed by atoms with Gasteiger partial charge in [-0.2, -0.15) is 0 Å². The molecular formula is C13H20N2O4S. The molecule has 2 fully saturated rings. The van der Waals surface area contributed by atoms with Crippen LogP contribution in [-0.4, -0.2) is 37.8 Å². The molecule has 1 N–H and O–H groups in total. The first kappa shape index (κ1) is 14.2. The van der Waals surface area contributed by atoms with E-state index in [1.54, 1.807) is 11.3 Å². The first-order valence-corrected chi connectivity index (χ1v) is 7.76. The Kier molecular flexibility index (Phi) is 4.52. The highest BCUT2D eigenvalue weighted by Crippen LogP contribution is 2.43. The molecule has 0 aromatic carbocycles. The Morgan fingerprint density at radius 3 is 2.85 bits per heavy atom. The molecule has 1 aliphatic carbocycles. The van der Waals surface area contributed by atoms with Crippen LogP contribution in [0.5, 0.6) is 0 Å². The van der Waals surface area contributed by atoms with Crippen molar-refractivity contribution in [2.45, 2.75) is 37.4 Å². The third kappa shape index (κ3) is 3.12. The number of nitrogens with one attached hydrogen (secondary N) is 1. The maximum Gasteiger partial charge on any atom is 0.184 e. The number of nitrogens with zero attached hydrogens (tertiary/aromatic N) is 1. The number of rotatable bonds is 5.